The van der Waals surface area contributed by atoms with Crippen LogP contribution in [0.3, 0.4) is 0 Å². The number of benzene rings is 1. The number of fused-ring (bicyclic) bond motifs is 1. The van der Waals surface area contributed by atoms with Crippen LogP contribution in [0.5, 0.6) is 0 Å². The van der Waals surface area contributed by atoms with E-state index in [1.54, 1.807) is 0 Å². The van der Waals surface area contributed by atoms with Gasteiger partial charge in [-0.25, -0.2) is 4.98 Å². The fourth-order valence-electron chi connectivity index (χ4n) is 3.01. The molecule has 0 saturated heterocycles. The van der Waals surface area contributed by atoms with Gasteiger partial charge in [-0.15, -0.1) is 11.3 Å². The second-order valence-electron chi connectivity index (χ2n) is 5.99. The molecule has 2 N–H and O–H groups in total. The van der Waals surface area contributed by atoms with Crippen molar-refractivity contribution in [2.45, 2.75) is 51.6 Å². The van der Waals surface area contributed by atoms with Crippen molar-refractivity contribution in [2.75, 3.05) is 6.61 Å². The van der Waals surface area contributed by atoms with Crippen LogP contribution < -0.4 is 5.32 Å². The molecule has 0 spiro atoms. The number of hydrogen-bond donors (Lipinski definition) is 2. The molecule has 0 fully saturated rings. The minimum Gasteiger partial charge on any atom is -0.394 e. The zero-order valence-electron chi connectivity index (χ0n) is 13.3. The van der Waals surface area contributed by atoms with Gasteiger partial charge in [0.1, 0.15) is 5.01 Å². The predicted octanol–water partition coefficient (Wildman–Crippen LogP) is 3.58. The third-order valence-corrected chi connectivity index (χ3v) is 5.75. The molecule has 1 aromatic heterocycles. The van der Waals surface area contributed by atoms with Crippen molar-refractivity contribution >= 4 is 11.3 Å². The number of nitrogens with one attached hydrogen (secondary N) is 1. The van der Waals surface area contributed by atoms with Crippen LogP contribution in [-0.2, 0) is 19.3 Å². The maximum Gasteiger partial charge on any atom is 0.110 e. The zero-order chi connectivity index (χ0) is 15.5. The molecule has 2 unspecified atom stereocenters. The van der Waals surface area contributed by atoms with Crippen LogP contribution in [-0.4, -0.2) is 16.7 Å². The van der Waals surface area contributed by atoms with Gasteiger partial charge in [0, 0.05) is 4.88 Å². The first kappa shape index (κ1) is 15.7. The number of nitrogens with zero attached hydrogens (tertiary/aromatic N) is 1. The quantitative estimate of drug-likeness (QED) is 0.856. The predicted molar refractivity (Wildman–Crippen MR) is 91.3 cm³/mol. The third-order valence-electron chi connectivity index (χ3n) is 4.41. The van der Waals surface area contributed by atoms with Crippen molar-refractivity contribution in [2.24, 2.45) is 0 Å². The summed E-state index contributed by atoms with van der Waals surface area (Å²) in [5.41, 5.74) is 3.75. The number of rotatable bonds is 6. The maximum atomic E-state index is 9.74. The van der Waals surface area contributed by atoms with Crippen LogP contribution in [0.2, 0.25) is 0 Å². The SMILES string of the molecule is CCc1ccc(C(CO)NC(C)c2nc3c(s2)CCC3)cc1. The van der Waals surface area contributed by atoms with Gasteiger partial charge in [0.15, 0.2) is 0 Å². The van der Waals surface area contributed by atoms with Crippen molar-refractivity contribution in [3.8, 4) is 0 Å². The highest BCUT2D eigenvalue weighted by Crippen LogP contribution is 2.31. The highest BCUT2D eigenvalue weighted by molar-refractivity contribution is 7.11. The number of aliphatic hydroxyl groups excluding tert-OH is 1. The van der Waals surface area contributed by atoms with Crippen molar-refractivity contribution in [1.29, 1.82) is 0 Å². The van der Waals surface area contributed by atoms with Crippen LogP contribution >= 0.6 is 11.3 Å². The minimum atomic E-state index is -0.0420. The Hall–Kier alpha value is -1.23. The highest BCUT2D eigenvalue weighted by Gasteiger charge is 2.21. The van der Waals surface area contributed by atoms with Crippen LogP contribution in [0.25, 0.3) is 0 Å². The Bertz CT molecular complexity index is 599. The van der Waals surface area contributed by atoms with E-state index in [0.29, 0.717) is 0 Å². The largest absolute Gasteiger partial charge is 0.394 e. The maximum absolute atomic E-state index is 9.74. The fourth-order valence-corrected chi connectivity index (χ4v) is 4.17. The van der Waals surface area contributed by atoms with Crippen LogP contribution in [0.1, 0.15) is 59.1 Å². The summed E-state index contributed by atoms with van der Waals surface area (Å²) in [5, 5.41) is 14.4. The van der Waals surface area contributed by atoms with E-state index in [9.17, 15) is 5.11 Å². The molecule has 118 valence electrons. The standard InChI is InChI=1S/C18H24N2OS/c1-3-13-7-9-14(10-8-13)16(11-21)19-12(2)18-20-15-5-4-6-17(15)22-18/h7-10,12,16,19,21H,3-6,11H2,1-2H3. The molecule has 2 aromatic rings. The molecular weight excluding hydrogens is 292 g/mol. The number of hydrogen-bond acceptors (Lipinski definition) is 4. The molecule has 4 heteroatoms. The molecule has 1 heterocycles. The van der Waals surface area contributed by atoms with Gasteiger partial charge >= 0.3 is 0 Å². The lowest BCUT2D eigenvalue weighted by Crippen LogP contribution is -2.27. The Morgan fingerprint density at radius 3 is 2.68 bits per heavy atom. The van der Waals surface area contributed by atoms with E-state index in [2.05, 4.69) is 43.4 Å². The molecule has 0 radical (unpaired) electrons. The van der Waals surface area contributed by atoms with E-state index in [4.69, 9.17) is 4.98 Å². The molecule has 22 heavy (non-hydrogen) atoms. The number of aliphatic hydroxyl groups is 1. The van der Waals surface area contributed by atoms with E-state index in [1.165, 1.54) is 29.0 Å². The van der Waals surface area contributed by atoms with Crippen molar-refractivity contribution in [3.63, 3.8) is 0 Å². The fraction of sp³-hybridized carbons (Fsp3) is 0.500. The summed E-state index contributed by atoms with van der Waals surface area (Å²) in [5.74, 6) is 0. The zero-order valence-corrected chi connectivity index (χ0v) is 14.1. The molecule has 3 rings (SSSR count). The smallest absolute Gasteiger partial charge is 0.110 e. The minimum absolute atomic E-state index is 0.0420. The van der Waals surface area contributed by atoms with Gasteiger partial charge in [-0.05, 0) is 43.7 Å². The first-order valence-electron chi connectivity index (χ1n) is 8.15. The van der Waals surface area contributed by atoms with Crippen LogP contribution in [0.4, 0.5) is 0 Å². The molecular formula is C18H24N2OS. The molecule has 0 bridgehead atoms. The van der Waals surface area contributed by atoms with E-state index in [1.807, 2.05) is 11.3 Å². The van der Waals surface area contributed by atoms with E-state index in [0.717, 1.165) is 23.4 Å². The highest BCUT2D eigenvalue weighted by atomic mass is 32.1. The topological polar surface area (TPSA) is 45.1 Å². The molecule has 0 aliphatic heterocycles. The summed E-state index contributed by atoms with van der Waals surface area (Å²) in [7, 11) is 0. The normalized spacial score (nSPS) is 16.5. The Morgan fingerprint density at radius 1 is 1.27 bits per heavy atom. The van der Waals surface area contributed by atoms with Crippen LogP contribution in [0.15, 0.2) is 24.3 Å². The summed E-state index contributed by atoms with van der Waals surface area (Å²) < 4.78 is 0. The monoisotopic (exact) mass is 316 g/mol. The van der Waals surface area contributed by atoms with Gasteiger partial charge < -0.3 is 5.11 Å². The van der Waals surface area contributed by atoms with Gasteiger partial charge in [0.25, 0.3) is 0 Å². The summed E-state index contributed by atoms with van der Waals surface area (Å²) >= 11 is 1.83. The van der Waals surface area contributed by atoms with Gasteiger partial charge in [0.05, 0.1) is 24.4 Å². The summed E-state index contributed by atoms with van der Waals surface area (Å²) in [4.78, 5) is 6.23. The average Bonchev–Trinajstić information content (AvgIpc) is 3.14. The Labute approximate surface area is 136 Å². The molecule has 0 saturated carbocycles. The number of aromatic nitrogens is 1. The molecule has 3 nitrogen and oxygen atoms in total. The Balaban J connectivity index is 1.70. The molecule has 1 aliphatic carbocycles. The Kier molecular flexibility index (Phi) is 4.91. The third kappa shape index (κ3) is 3.24. The van der Waals surface area contributed by atoms with Gasteiger partial charge in [-0.1, -0.05) is 31.2 Å². The van der Waals surface area contributed by atoms with Gasteiger partial charge in [0.2, 0.25) is 0 Å². The lowest BCUT2D eigenvalue weighted by Gasteiger charge is -2.21. The second-order valence-corrected chi connectivity index (χ2v) is 7.11. The van der Waals surface area contributed by atoms with E-state index < -0.39 is 0 Å². The molecule has 2 atom stereocenters. The first-order valence-corrected chi connectivity index (χ1v) is 8.97. The average molecular weight is 316 g/mol. The van der Waals surface area contributed by atoms with Crippen molar-refractivity contribution in [3.05, 3.63) is 51.0 Å². The summed E-state index contributed by atoms with van der Waals surface area (Å²) in [6, 6.07) is 8.63. The van der Waals surface area contributed by atoms with Gasteiger partial charge in [-0.3, -0.25) is 5.32 Å². The lowest BCUT2D eigenvalue weighted by atomic mass is 10.0. The van der Waals surface area contributed by atoms with E-state index in [-0.39, 0.29) is 18.7 Å². The van der Waals surface area contributed by atoms with Crippen LogP contribution in [0, 0.1) is 0 Å². The van der Waals surface area contributed by atoms with Crippen molar-refractivity contribution in [1.82, 2.24) is 10.3 Å². The molecule has 0 amide bonds. The lowest BCUT2D eigenvalue weighted by molar-refractivity contribution is 0.235. The number of thiazole rings is 1. The summed E-state index contributed by atoms with van der Waals surface area (Å²) in [6.07, 6.45) is 4.60. The number of aryl methyl sites for hydroxylation is 3. The van der Waals surface area contributed by atoms with Crippen molar-refractivity contribution < 1.29 is 5.11 Å². The second kappa shape index (κ2) is 6.90. The van der Waals surface area contributed by atoms with Gasteiger partial charge in [-0.2, -0.15) is 0 Å². The van der Waals surface area contributed by atoms with E-state index >= 15 is 0 Å². The summed E-state index contributed by atoms with van der Waals surface area (Å²) in [6.45, 7) is 4.39. The first-order chi connectivity index (χ1) is 10.7. The Morgan fingerprint density at radius 2 is 2.05 bits per heavy atom. The molecule has 1 aromatic carbocycles. The molecule has 1 aliphatic rings.